The molecule has 26 heavy (non-hydrogen) atoms. The minimum atomic E-state index is -2.50. The van der Waals surface area contributed by atoms with E-state index in [4.69, 9.17) is 13.6 Å². The Kier molecular flexibility index (Phi) is 6.40. The van der Waals surface area contributed by atoms with Gasteiger partial charge in [0, 0.05) is 33.5 Å². The number of rotatable bonds is 7. The number of hydrogen-bond donors (Lipinski definition) is 0. The summed E-state index contributed by atoms with van der Waals surface area (Å²) >= 11 is 0. The zero-order chi connectivity index (χ0) is 18.4. The highest BCUT2D eigenvalue weighted by Gasteiger charge is 2.40. The smallest absolute Gasteiger partial charge is 0.386 e. The van der Waals surface area contributed by atoms with Crippen molar-refractivity contribution in [3.63, 3.8) is 0 Å². The summed E-state index contributed by atoms with van der Waals surface area (Å²) in [5, 5.41) is 1.14. The van der Waals surface area contributed by atoms with Crippen LogP contribution in [0.4, 0.5) is 0 Å². The van der Waals surface area contributed by atoms with Gasteiger partial charge in [0.25, 0.3) is 0 Å². The summed E-state index contributed by atoms with van der Waals surface area (Å²) in [6.45, 7) is 7.63. The van der Waals surface area contributed by atoms with Crippen molar-refractivity contribution < 1.29 is 13.6 Å². The van der Waals surface area contributed by atoms with Gasteiger partial charge >= 0.3 is 8.56 Å². The van der Waals surface area contributed by atoms with Crippen molar-refractivity contribution in [1.82, 2.24) is 4.90 Å². The number of ether oxygens (including phenoxy) is 1. The van der Waals surface area contributed by atoms with E-state index >= 15 is 0 Å². The largest absolute Gasteiger partial charge is 0.394 e. The van der Waals surface area contributed by atoms with Gasteiger partial charge in [0.15, 0.2) is 0 Å². The van der Waals surface area contributed by atoms with Crippen molar-refractivity contribution in [2.24, 2.45) is 0 Å². The summed E-state index contributed by atoms with van der Waals surface area (Å²) in [6, 6.07) is 18.7. The fraction of sp³-hybridized carbons (Fsp3) is 0.333. The van der Waals surface area contributed by atoms with E-state index in [1.807, 2.05) is 18.2 Å². The van der Waals surface area contributed by atoms with E-state index in [1.165, 1.54) is 0 Å². The summed E-state index contributed by atoms with van der Waals surface area (Å²) in [5.41, 5.74) is 3.27. The first-order valence-corrected chi connectivity index (χ1v) is 11.0. The molecule has 0 amide bonds. The summed E-state index contributed by atoms with van der Waals surface area (Å²) in [4.78, 5) is 2.37. The fourth-order valence-corrected chi connectivity index (χ4v) is 5.98. The Hall–Kier alpha value is -1.76. The first kappa shape index (κ1) is 19.0. The van der Waals surface area contributed by atoms with Gasteiger partial charge in [0.2, 0.25) is 0 Å². The lowest BCUT2D eigenvalue weighted by Gasteiger charge is -2.35. The van der Waals surface area contributed by atoms with Crippen LogP contribution in [0.2, 0.25) is 0 Å². The van der Waals surface area contributed by atoms with Crippen molar-refractivity contribution in [3.8, 4) is 0 Å². The Morgan fingerprint density at radius 3 is 2.12 bits per heavy atom. The van der Waals surface area contributed by atoms with Gasteiger partial charge < -0.3 is 13.6 Å². The second kappa shape index (κ2) is 8.75. The van der Waals surface area contributed by atoms with Gasteiger partial charge in [-0.1, -0.05) is 61.2 Å². The van der Waals surface area contributed by atoms with E-state index in [2.05, 4.69) is 47.9 Å². The van der Waals surface area contributed by atoms with Crippen LogP contribution < -0.4 is 5.19 Å². The van der Waals surface area contributed by atoms with E-state index in [-0.39, 0.29) is 0 Å². The summed E-state index contributed by atoms with van der Waals surface area (Å²) in [5.74, 6) is 0. The molecule has 2 aromatic rings. The van der Waals surface area contributed by atoms with Crippen molar-refractivity contribution in [3.05, 3.63) is 72.3 Å². The Morgan fingerprint density at radius 2 is 1.54 bits per heavy atom. The van der Waals surface area contributed by atoms with Crippen LogP contribution in [0.3, 0.4) is 0 Å². The van der Waals surface area contributed by atoms with Crippen LogP contribution in [-0.2, 0) is 13.6 Å². The van der Waals surface area contributed by atoms with Crippen LogP contribution >= 0.6 is 0 Å². The molecule has 1 aliphatic heterocycles. The molecule has 4 nitrogen and oxygen atoms in total. The lowest BCUT2D eigenvalue weighted by molar-refractivity contribution is 0.0406. The zero-order valence-corrected chi connectivity index (χ0v) is 16.6. The van der Waals surface area contributed by atoms with Crippen molar-refractivity contribution in [2.45, 2.75) is 0 Å². The van der Waals surface area contributed by atoms with Gasteiger partial charge in [0.1, 0.15) is 0 Å². The van der Waals surface area contributed by atoms with Crippen LogP contribution in [0.1, 0.15) is 11.1 Å². The van der Waals surface area contributed by atoms with Gasteiger partial charge in [-0.3, -0.25) is 4.90 Å². The molecule has 2 aromatic carbocycles. The van der Waals surface area contributed by atoms with Crippen LogP contribution in [0.25, 0.3) is 5.57 Å². The van der Waals surface area contributed by atoms with Crippen LogP contribution in [0, 0.1) is 0 Å². The molecular weight excluding hydrogens is 342 g/mol. The Bertz CT molecular complexity index is 708. The van der Waals surface area contributed by atoms with Gasteiger partial charge in [0.05, 0.1) is 13.2 Å². The number of hydrogen-bond acceptors (Lipinski definition) is 4. The average Bonchev–Trinajstić information content (AvgIpc) is 2.73. The maximum atomic E-state index is 5.97. The molecular formula is C21H27NO3Si. The maximum absolute atomic E-state index is 5.97. The maximum Gasteiger partial charge on any atom is 0.386 e. The van der Waals surface area contributed by atoms with E-state index < -0.39 is 8.56 Å². The normalized spacial score (nSPS) is 15.8. The summed E-state index contributed by atoms with van der Waals surface area (Å²) in [7, 11) is 1.01. The lowest BCUT2D eigenvalue weighted by atomic mass is 10.00. The molecule has 1 fully saturated rings. The third-order valence-electron chi connectivity index (χ3n) is 4.99. The number of morpholine rings is 1. The fourth-order valence-electron chi connectivity index (χ4n) is 3.32. The standard InChI is InChI=1S/C21H27NO3Si/c1-18(19-7-5-4-6-8-19)20-9-11-21(12-10-20)26(23-2,24-3)17-22-13-15-25-16-14-22/h4-12H,1,13-17H2,2-3H3. The first-order valence-electron chi connectivity index (χ1n) is 8.94. The van der Waals surface area contributed by atoms with Gasteiger partial charge in [-0.15, -0.1) is 0 Å². The lowest BCUT2D eigenvalue weighted by Crippen LogP contribution is -2.61. The van der Waals surface area contributed by atoms with E-state index in [0.717, 1.165) is 54.4 Å². The molecule has 0 radical (unpaired) electrons. The van der Waals surface area contributed by atoms with E-state index in [9.17, 15) is 0 Å². The Morgan fingerprint density at radius 1 is 0.962 bits per heavy atom. The average molecular weight is 370 g/mol. The zero-order valence-electron chi connectivity index (χ0n) is 15.6. The van der Waals surface area contributed by atoms with Crippen molar-refractivity contribution in [1.29, 1.82) is 0 Å². The van der Waals surface area contributed by atoms with Gasteiger partial charge in [-0.05, 0) is 21.9 Å². The van der Waals surface area contributed by atoms with E-state index in [0.29, 0.717) is 0 Å². The van der Waals surface area contributed by atoms with E-state index in [1.54, 1.807) is 14.2 Å². The third kappa shape index (κ3) is 4.14. The Labute approximate surface area is 157 Å². The highest BCUT2D eigenvalue weighted by Crippen LogP contribution is 2.21. The highest BCUT2D eigenvalue weighted by molar-refractivity contribution is 6.81. The molecule has 0 atom stereocenters. The third-order valence-corrected chi connectivity index (χ3v) is 8.39. The first-order chi connectivity index (χ1) is 12.7. The molecule has 138 valence electrons. The van der Waals surface area contributed by atoms with Gasteiger partial charge in [-0.2, -0.15) is 0 Å². The van der Waals surface area contributed by atoms with Crippen molar-refractivity contribution in [2.75, 3.05) is 46.7 Å². The molecule has 0 N–H and O–H groups in total. The quantitative estimate of drug-likeness (QED) is 0.702. The second-order valence-corrected chi connectivity index (χ2v) is 9.69. The summed E-state index contributed by atoms with van der Waals surface area (Å²) < 4.78 is 17.4. The predicted molar refractivity (Wildman–Crippen MR) is 108 cm³/mol. The SMILES string of the molecule is C=C(c1ccccc1)c1ccc([Si](CN2CCOCC2)(OC)OC)cc1. The number of nitrogens with zero attached hydrogens (tertiary/aromatic N) is 1. The molecule has 1 heterocycles. The summed E-state index contributed by atoms with van der Waals surface area (Å²) in [6.07, 6.45) is 0.808. The van der Waals surface area contributed by atoms with Crippen molar-refractivity contribution >= 4 is 19.3 Å². The minimum absolute atomic E-state index is 0.772. The second-order valence-electron chi connectivity index (χ2n) is 6.47. The Balaban J connectivity index is 1.80. The highest BCUT2D eigenvalue weighted by atomic mass is 28.4. The molecule has 0 aliphatic carbocycles. The van der Waals surface area contributed by atoms with Crippen LogP contribution in [0.15, 0.2) is 61.2 Å². The van der Waals surface area contributed by atoms with Crippen LogP contribution in [0.5, 0.6) is 0 Å². The molecule has 1 aliphatic rings. The molecule has 0 aromatic heterocycles. The monoisotopic (exact) mass is 369 g/mol. The molecule has 5 heteroatoms. The van der Waals surface area contributed by atoms with Gasteiger partial charge in [-0.25, -0.2) is 0 Å². The van der Waals surface area contributed by atoms with Crippen LogP contribution in [-0.4, -0.2) is 60.2 Å². The molecule has 0 saturated carbocycles. The topological polar surface area (TPSA) is 30.9 Å². The molecule has 3 rings (SSSR count). The molecule has 0 unspecified atom stereocenters. The minimum Gasteiger partial charge on any atom is -0.394 e. The molecule has 0 bridgehead atoms. The number of benzene rings is 2. The molecule has 1 saturated heterocycles. The molecule has 0 spiro atoms. The predicted octanol–water partition coefficient (Wildman–Crippen LogP) is 2.56.